The number of aryl methyl sites for hydroxylation is 1. The van der Waals surface area contributed by atoms with Gasteiger partial charge in [-0.25, -0.2) is 4.98 Å². The second-order valence-corrected chi connectivity index (χ2v) is 6.09. The van der Waals surface area contributed by atoms with Crippen molar-refractivity contribution in [1.82, 2.24) is 20.1 Å². The first-order valence-electron chi connectivity index (χ1n) is 7.80. The summed E-state index contributed by atoms with van der Waals surface area (Å²) in [6.45, 7) is 6.27. The molecule has 0 amide bonds. The van der Waals surface area contributed by atoms with Crippen LogP contribution in [0.4, 0.5) is 11.8 Å². The highest BCUT2D eigenvalue weighted by Gasteiger charge is 2.31. The minimum absolute atomic E-state index is 0.0976. The quantitative estimate of drug-likeness (QED) is 0.845. The first kappa shape index (κ1) is 14.7. The Balaban J connectivity index is 1.86. The molecule has 0 aromatic carbocycles. The molecule has 2 aromatic heterocycles. The van der Waals surface area contributed by atoms with E-state index in [1.165, 1.54) is 0 Å². The molecule has 2 aromatic rings. The zero-order valence-electron chi connectivity index (χ0n) is 13.2. The Bertz CT molecular complexity index is 649. The number of hydrogen-bond acceptors (Lipinski definition) is 7. The SMILES string of the molecule is CCc1cnc(N)nc1N[C@H](c1nc(C2CC2)no1)C(C)C. The average Bonchev–Trinajstić information content (AvgIpc) is 3.23. The van der Waals surface area contributed by atoms with E-state index in [9.17, 15) is 0 Å². The van der Waals surface area contributed by atoms with Gasteiger partial charge in [0.25, 0.3) is 0 Å². The van der Waals surface area contributed by atoms with Crippen LogP contribution >= 0.6 is 0 Å². The van der Waals surface area contributed by atoms with E-state index in [-0.39, 0.29) is 17.9 Å². The molecule has 1 fully saturated rings. The van der Waals surface area contributed by atoms with Crippen molar-refractivity contribution in [2.45, 2.75) is 52.0 Å². The lowest BCUT2D eigenvalue weighted by Gasteiger charge is -2.20. The summed E-state index contributed by atoms with van der Waals surface area (Å²) in [7, 11) is 0. The van der Waals surface area contributed by atoms with Gasteiger partial charge in [0.1, 0.15) is 11.9 Å². The zero-order chi connectivity index (χ0) is 15.7. The van der Waals surface area contributed by atoms with Crippen LogP contribution in [0.25, 0.3) is 0 Å². The monoisotopic (exact) mass is 302 g/mol. The first-order chi connectivity index (χ1) is 10.6. The molecule has 7 heteroatoms. The predicted octanol–water partition coefficient (Wildman–Crippen LogP) is 2.69. The van der Waals surface area contributed by atoms with Crippen LogP contribution in [-0.2, 0) is 6.42 Å². The molecule has 0 unspecified atom stereocenters. The van der Waals surface area contributed by atoms with Gasteiger partial charge in [-0.05, 0) is 25.2 Å². The van der Waals surface area contributed by atoms with Crippen molar-refractivity contribution in [3.05, 3.63) is 23.5 Å². The van der Waals surface area contributed by atoms with Crippen molar-refractivity contribution >= 4 is 11.8 Å². The third kappa shape index (κ3) is 3.03. The average molecular weight is 302 g/mol. The second kappa shape index (κ2) is 5.90. The van der Waals surface area contributed by atoms with Gasteiger partial charge < -0.3 is 15.6 Å². The Kier molecular flexibility index (Phi) is 3.96. The number of nitrogens with one attached hydrogen (secondary N) is 1. The molecule has 0 bridgehead atoms. The lowest BCUT2D eigenvalue weighted by Crippen LogP contribution is -2.19. The van der Waals surface area contributed by atoms with Crippen LogP contribution in [-0.4, -0.2) is 20.1 Å². The highest BCUT2D eigenvalue weighted by atomic mass is 16.5. The molecule has 7 nitrogen and oxygen atoms in total. The predicted molar refractivity (Wildman–Crippen MR) is 83.3 cm³/mol. The largest absolute Gasteiger partial charge is 0.368 e. The third-order valence-corrected chi connectivity index (χ3v) is 3.89. The molecule has 0 spiro atoms. The molecule has 3 N–H and O–H groups in total. The number of nitrogens with zero attached hydrogens (tertiary/aromatic N) is 4. The summed E-state index contributed by atoms with van der Waals surface area (Å²) in [4.78, 5) is 12.9. The van der Waals surface area contributed by atoms with Gasteiger partial charge in [0.05, 0.1) is 0 Å². The highest BCUT2D eigenvalue weighted by molar-refractivity contribution is 5.47. The van der Waals surface area contributed by atoms with Gasteiger partial charge in [-0.1, -0.05) is 25.9 Å². The fraction of sp³-hybridized carbons (Fsp3) is 0.600. The lowest BCUT2D eigenvalue weighted by atomic mass is 10.0. The Morgan fingerprint density at radius 1 is 1.36 bits per heavy atom. The molecule has 1 atom stereocenters. The summed E-state index contributed by atoms with van der Waals surface area (Å²) in [5.74, 6) is 3.17. The van der Waals surface area contributed by atoms with Crippen LogP contribution in [0.15, 0.2) is 10.7 Å². The summed E-state index contributed by atoms with van der Waals surface area (Å²) < 4.78 is 5.47. The fourth-order valence-electron chi connectivity index (χ4n) is 2.35. The summed E-state index contributed by atoms with van der Waals surface area (Å²) in [6, 6.07) is -0.0976. The zero-order valence-corrected chi connectivity index (χ0v) is 13.2. The Morgan fingerprint density at radius 2 is 2.14 bits per heavy atom. The van der Waals surface area contributed by atoms with Crippen molar-refractivity contribution in [3.63, 3.8) is 0 Å². The van der Waals surface area contributed by atoms with Gasteiger partial charge in [0.15, 0.2) is 5.82 Å². The molecular formula is C15H22N6O. The standard InChI is InChI=1S/C15H22N6O/c1-4-9-7-17-15(16)20-12(9)18-11(8(2)3)14-19-13(21-22-14)10-5-6-10/h7-8,10-11H,4-6H2,1-3H3,(H3,16,17,18,20)/t11-/m0/s1. The number of anilines is 2. The topological polar surface area (TPSA) is 103 Å². The van der Waals surface area contributed by atoms with Crippen LogP contribution < -0.4 is 11.1 Å². The van der Waals surface area contributed by atoms with Crippen LogP contribution in [0.5, 0.6) is 0 Å². The third-order valence-electron chi connectivity index (χ3n) is 3.89. The molecule has 1 aliphatic rings. The molecule has 3 rings (SSSR count). The Labute approximate surface area is 129 Å². The normalized spacial score (nSPS) is 16.0. The van der Waals surface area contributed by atoms with Gasteiger partial charge in [0.2, 0.25) is 11.8 Å². The molecule has 118 valence electrons. The molecule has 0 radical (unpaired) electrons. The molecular weight excluding hydrogens is 280 g/mol. The first-order valence-corrected chi connectivity index (χ1v) is 7.80. The summed E-state index contributed by atoms with van der Waals surface area (Å²) in [5, 5.41) is 7.50. The Morgan fingerprint density at radius 3 is 2.77 bits per heavy atom. The van der Waals surface area contributed by atoms with Crippen molar-refractivity contribution in [3.8, 4) is 0 Å². The van der Waals surface area contributed by atoms with E-state index in [2.05, 4.69) is 46.2 Å². The highest BCUT2D eigenvalue weighted by Crippen LogP contribution is 2.39. The lowest BCUT2D eigenvalue weighted by molar-refractivity contribution is 0.332. The van der Waals surface area contributed by atoms with Crippen molar-refractivity contribution < 1.29 is 4.52 Å². The van der Waals surface area contributed by atoms with E-state index < -0.39 is 0 Å². The minimum Gasteiger partial charge on any atom is -0.368 e. The smallest absolute Gasteiger partial charge is 0.249 e. The van der Waals surface area contributed by atoms with E-state index in [1.54, 1.807) is 6.20 Å². The van der Waals surface area contributed by atoms with E-state index in [1.807, 2.05) is 0 Å². The number of rotatable bonds is 6. The maximum absolute atomic E-state index is 5.71. The Hall–Kier alpha value is -2.18. The van der Waals surface area contributed by atoms with Gasteiger partial charge >= 0.3 is 0 Å². The molecule has 0 saturated heterocycles. The minimum atomic E-state index is -0.0976. The van der Waals surface area contributed by atoms with Crippen molar-refractivity contribution in [2.75, 3.05) is 11.1 Å². The number of nitrogen functional groups attached to an aromatic ring is 1. The van der Waals surface area contributed by atoms with Gasteiger partial charge in [-0.2, -0.15) is 9.97 Å². The second-order valence-electron chi connectivity index (χ2n) is 6.09. The molecule has 1 saturated carbocycles. The molecule has 1 aliphatic carbocycles. The van der Waals surface area contributed by atoms with Crippen LogP contribution in [0.1, 0.15) is 62.9 Å². The van der Waals surface area contributed by atoms with Crippen LogP contribution in [0.2, 0.25) is 0 Å². The summed E-state index contributed by atoms with van der Waals surface area (Å²) >= 11 is 0. The van der Waals surface area contributed by atoms with Crippen LogP contribution in [0.3, 0.4) is 0 Å². The molecule has 22 heavy (non-hydrogen) atoms. The van der Waals surface area contributed by atoms with Crippen molar-refractivity contribution in [2.24, 2.45) is 5.92 Å². The van der Waals surface area contributed by atoms with E-state index in [0.717, 1.165) is 36.5 Å². The van der Waals surface area contributed by atoms with Crippen molar-refractivity contribution in [1.29, 1.82) is 0 Å². The summed E-state index contributed by atoms with van der Waals surface area (Å²) in [6.07, 6.45) is 4.89. The van der Waals surface area contributed by atoms with Gasteiger partial charge in [-0.15, -0.1) is 0 Å². The summed E-state index contributed by atoms with van der Waals surface area (Å²) in [5.41, 5.74) is 6.73. The maximum atomic E-state index is 5.71. The molecule has 0 aliphatic heterocycles. The molecule has 2 heterocycles. The number of aromatic nitrogens is 4. The van der Waals surface area contributed by atoms with Gasteiger partial charge in [-0.3, -0.25) is 0 Å². The van der Waals surface area contributed by atoms with E-state index in [4.69, 9.17) is 10.3 Å². The van der Waals surface area contributed by atoms with Gasteiger partial charge in [0, 0.05) is 17.7 Å². The number of nitrogens with two attached hydrogens (primary N) is 1. The van der Waals surface area contributed by atoms with Crippen LogP contribution in [0, 0.1) is 5.92 Å². The fourth-order valence-corrected chi connectivity index (χ4v) is 2.35. The number of hydrogen-bond donors (Lipinski definition) is 2. The van der Waals surface area contributed by atoms with E-state index >= 15 is 0 Å². The maximum Gasteiger partial charge on any atom is 0.249 e. The van der Waals surface area contributed by atoms with E-state index in [0.29, 0.717) is 11.8 Å².